The van der Waals surface area contributed by atoms with Crippen molar-refractivity contribution >= 4 is 21.8 Å². The highest BCUT2D eigenvalue weighted by Crippen LogP contribution is 2.14. The van der Waals surface area contributed by atoms with E-state index < -0.39 is 16.0 Å². The summed E-state index contributed by atoms with van der Waals surface area (Å²) in [6.07, 6.45) is 2.38. The van der Waals surface area contributed by atoms with Gasteiger partial charge in [0.05, 0.1) is 12.9 Å². The molecule has 0 atom stereocenters. The lowest BCUT2D eigenvalue weighted by Crippen LogP contribution is -2.14. The third-order valence-corrected chi connectivity index (χ3v) is 2.17. The van der Waals surface area contributed by atoms with Gasteiger partial charge in [-0.15, -0.1) is 0 Å². The van der Waals surface area contributed by atoms with Gasteiger partial charge in [-0.05, 0) is 6.92 Å². The molecule has 0 saturated carbocycles. The molecule has 1 aromatic heterocycles. The first-order valence-corrected chi connectivity index (χ1v) is 6.41. The van der Waals surface area contributed by atoms with Crippen LogP contribution in [0, 0.1) is 0 Å². The molecule has 1 heterocycles. The molecule has 0 aliphatic heterocycles. The van der Waals surface area contributed by atoms with E-state index in [1.807, 2.05) is 0 Å². The SMILES string of the molecule is CCOC(=O)c1cn(C)nc1NS(C)(=O)=O. The number of hydrogen-bond acceptors (Lipinski definition) is 5. The average molecular weight is 247 g/mol. The number of carbonyl (C=O) groups is 1. The number of esters is 1. The van der Waals surface area contributed by atoms with Gasteiger partial charge in [0.15, 0.2) is 5.82 Å². The zero-order valence-electron chi connectivity index (χ0n) is 9.22. The highest BCUT2D eigenvalue weighted by molar-refractivity contribution is 7.92. The molecule has 1 rings (SSSR count). The third-order valence-electron chi connectivity index (χ3n) is 1.61. The second-order valence-electron chi connectivity index (χ2n) is 3.16. The molecule has 1 aromatic rings. The lowest BCUT2D eigenvalue weighted by atomic mass is 10.3. The first-order valence-electron chi connectivity index (χ1n) is 4.52. The van der Waals surface area contributed by atoms with Crippen molar-refractivity contribution in [2.24, 2.45) is 7.05 Å². The van der Waals surface area contributed by atoms with Crippen LogP contribution in [-0.2, 0) is 21.8 Å². The van der Waals surface area contributed by atoms with Crippen molar-refractivity contribution < 1.29 is 17.9 Å². The summed E-state index contributed by atoms with van der Waals surface area (Å²) in [6.45, 7) is 1.88. The van der Waals surface area contributed by atoms with E-state index in [2.05, 4.69) is 9.82 Å². The number of ether oxygens (including phenoxy) is 1. The van der Waals surface area contributed by atoms with Crippen molar-refractivity contribution in [3.05, 3.63) is 11.8 Å². The number of nitrogens with one attached hydrogen (secondary N) is 1. The van der Waals surface area contributed by atoms with E-state index in [1.165, 1.54) is 10.9 Å². The van der Waals surface area contributed by atoms with Gasteiger partial charge in [-0.2, -0.15) is 5.10 Å². The van der Waals surface area contributed by atoms with E-state index in [0.29, 0.717) is 0 Å². The minimum absolute atomic E-state index is 0.0246. The number of sulfonamides is 1. The fraction of sp³-hybridized carbons (Fsp3) is 0.500. The number of carbonyl (C=O) groups excluding carboxylic acids is 1. The molecule has 7 nitrogen and oxygen atoms in total. The van der Waals surface area contributed by atoms with Crippen molar-refractivity contribution in [1.82, 2.24) is 9.78 Å². The molecule has 0 radical (unpaired) electrons. The summed E-state index contributed by atoms with van der Waals surface area (Å²) in [5.74, 6) is -0.634. The fourth-order valence-corrected chi connectivity index (χ4v) is 1.60. The van der Waals surface area contributed by atoms with Crippen LogP contribution >= 0.6 is 0 Å². The average Bonchev–Trinajstić information content (AvgIpc) is 2.44. The van der Waals surface area contributed by atoms with Gasteiger partial charge in [0, 0.05) is 13.2 Å². The predicted molar refractivity (Wildman–Crippen MR) is 57.6 cm³/mol. The first-order chi connectivity index (χ1) is 7.33. The molecule has 0 aliphatic carbocycles. The molecule has 1 N–H and O–H groups in total. The van der Waals surface area contributed by atoms with Gasteiger partial charge in [-0.3, -0.25) is 9.40 Å². The molecule has 0 aliphatic rings. The molecular weight excluding hydrogens is 234 g/mol. The normalized spacial score (nSPS) is 11.2. The molecule has 0 amide bonds. The Morgan fingerprint density at radius 3 is 2.75 bits per heavy atom. The summed E-state index contributed by atoms with van der Waals surface area (Å²) >= 11 is 0. The second-order valence-corrected chi connectivity index (χ2v) is 4.91. The quantitative estimate of drug-likeness (QED) is 0.754. The smallest absolute Gasteiger partial charge is 0.343 e. The van der Waals surface area contributed by atoms with E-state index in [0.717, 1.165) is 6.26 Å². The molecule has 0 spiro atoms. The summed E-state index contributed by atoms with van der Waals surface area (Å²) in [7, 11) is -1.89. The van der Waals surface area contributed by atoms with Crippen LogP contribution in [0.5, 0.6) is 0 Å². The molecule has 8 heteroatoms. The maximum atomic E-state index is 11.5. The second kappa shape index (κ2) is 4.52. The van der Waals surface area contributed by atoms with E-state index >= 15 is 0 Å². The highest BCUT2D eigenvalue weighted by atomic mass is 32.2. The van der Waals surface area contributed by atoms with Gasteiger partial charge in [0.2, 0.25) is 10.0 Å². The van der Waals surface area contributed by atoms with E-state index in [-0.39, 0.29) is 18.0 Å². The molecule has 0 saturated heterocycles. The highest BCUT2D eigenvalue weighted by Gasteiger charge is 2.18. The van der Waals surface area contributed by atoms with Crippen molar-refractivity contribution in [2.45, 2.75) is 6.92 Å². The lowest BCUT2D eigenvalue weighted by Gasteiger charge is -2.02. The van der Waals surface area contributed by atoms with Gasteiger partial charge in [0.25, 0.3) is 0 Å². The van der Waals surface area contributed by atoms with E-state index in [9.17, 15) is 13.2 Å². The number of aromatic nitrogens is 2. The predicted octanol–water partition coefficient (Wildman–Crippen LogP) is -0.0317. The van der Waals surface area contributed by atoms with Crippen molar-refractivity contribution in [2.75, 3.05) is 17.6 Å². The van der Waals surface area contributed by atoms with Crippen LogP contribution in [0.25, 0.3) is 0 Å². The zero-order valence-corrected chi connectivity index (χ0v) is 10.0. The Bertz CT molecular complexity index is 491. The Labute approximate surface area is 93.4 Å². The molecule has 0 fully saturated rings. The molecule has 0 aromatic carbocycles. The molecule has 16 heavy (non-hydrogen) atoms. The van der Waals surface area contributed by atoms with Crippen LogP contribution in [0.2, 0.25) is 0 Å². The molecule has 0 unspecified atom stereocenters. The number of anilines is 1. The number of aryl methyl sites for hydroxylation is 1. The minimum atomic E-state index is -3.47. The Balaban J connectivity index is 3.05. The Hall–Kier alpha value is -1.57. The Morgan fingerprint density at radius 1 is 1.62 bits per heavy atom. The van der Waals surface area contributed by atoms with Crippen LogP contribution in [0.15, 0.2) is 6.20 Å². The lowest BCUT2D eigenvalue weighted by molar-refractivity contribution is 0.0527. The minimum Gasteiger partial charge on any atom is -0.462 e. The molecular formula is C8H13N3O4S. The monoisotopic (exact) mass is 247 g/mol. The van der Waals surface area contributed by atoms with E-state index in [4.69, 9.17) is 4.74 Å². The summed E-state index contributed by atoms with van der Waals surface area (Å²) in [5, 5.41) is 3.82. The molecule has 90 valence electrons. The Morgan fingerprint density at radius 2 is 2.25 bits per heavy atom. The first kappa shape index (κ1) is 12.5. The van der Waals surface area contributed by atoms with Gasteiger partial charge in [0.1, 0.15) is 5.56 Å². The summed E-state index contributed by atoms with van der Waals surface area (Å²) in [5.41, 5.74) is 0.0924. The topological polar surface area (TPSA) is 90.3 Å². The Kier molecular flexibility index (Phi) is 3.53. The van der Waals surface area contributed by atoms with Crippen LogP contribution < -0.4 is 4.72 Å². The van der Waals surface area contributed by atoms with Crippen LogP contribution in [0.3, 0.4) is 0 Å². The maximum absolute atomic E-state index is 11.5. The van der Waals surface area contributed by atoms with Gasteiger partial charge in [-0.1, -0.05) is 0 Å². The van der Waals surface area contributed by atoms with Gasteiger partial charge < -0.3 is 4.74 Å². The van der Waals surface area contributed by atoms with Crippen molar-refractivity contribution in [1.29, 1.82) is 0 Å². The maximum Gasteiger partial charge on any atom is 0.343 e. The summed E-state index contributed by atoms with van der Waals surface area (Å²) in [6, 6.07) is 0. The van der Waals surface area contributed by atoms with Crippen LogP contribution in [0.1, 0.15) is 17.3 Å². The van der Waals surface area contributed by atoms with Crippen molar-refractivity contribution in [3.63, 3.8) is 0 Å². The largest absolute Gasteiger partial charge is 0.462 e. The van der Waals surface area contributed by atoms with Gasteiger partial charge in [-0.25, -0.2) is 13.2 Å². The number of hydrogen-bond donors (Lipinski definition) is 1. The van der Waals surface area contributed by atoms with Crippen molar-refractivity contribution in [3.8, 4) is 0 Å². The number of nitrogens with zero attached hydrogens (tertiary/aromatic N) is 2. The number of rotatable bonds is 4. The van der Waals surface area contributed by atoms with E-state index in [1.54, 1.807) is 14.0 Å². The molecule has 0 bridgehead atoms. The summed E-state index contributed by atoms with van der Waals surface area (Å²) in [4.78, 5) is 11.5. The third kappa shape index (κ3) is 3.23. The van der Waals surface area contributed by atoms with Crippen LogP contribution in [-0.4, -0.2) is 37.0 Å². The van der Waals surface area contributed by atoms with Crippen LogP contribution in [0.4, 0.5) is 5.82 Å². The zero-order chi connectivity index (χ0) is 12.3. The fourth-order valence-electron chi connectivity index (χ4n) is 1.10. The summed E-state index contributed by atoms with van der Waals surface area (Å²) < 4.78 is 30.3. The van der Waals surface area contributed by atoms with Gasteiger partial charge >= 0.3 is 5.97 Å². The standard InChI is InChI=1S/C8H13N3O4S/c1-4-15-8(12)6-5-11(2)9-7(6)10-16(3,13)14/h5H,4H2,1-3H3,(H,9,10).